The van der Waals surface area contributed by atoms with E-state index in [2.05, 4.69) is 22.8 Å². The minimum absolute atomic E-state index is 0.0747. The Morgan fingerprint density at radius 3 is 2.93 bits per heavy atom. The summed E-state index contributed by atoms with van der Waals surface area (Å²) in [6.45, 7) is 0.131. The average Bonchev–Trinajstić information content (AvgIpc) is 2.60. The van der Waals surface area contributed by atoms with Gasteiger partial charge in [0.15, 0.2) is 0 Å². The molecule has 0 aliphatic rings. The molecule has 15 heavy (non-hydrogen) atoms. The third-order valence-corrected chi connectivity index (χ3v) is 2.78. The number of aliphatic hydroxyl groups excluding tert-OH is 1. The molecule has 3 heteroatoms. The number of hydrogen-bond acceptors (Lipinski definition) is 2. The van der Waals surface area contributed by atoms with Gasteiger partial charge >= 0.3 is 0 Å². The van der Waals surface area contributed by atoms with Crippen molar-refractivity contribution in [3.05, 3.63) is 36.0 Å². The average molecular weight is 204 g/mol. The standard InChI is InChI=1S/C12H16N2O/c1-14-6-4-9-2-3-10(8-12(9)14)11(13)5-7-15/h2-4,6,8,11,15H,5,7,13H2,1H3. The van der Waals surface area contributed by atoms with Crippen LogP contribution in [-0.2, 0) is 7.05 Å². The van der Waals surface area contributed by atoms with Gasteiger partial charge in [-0.2, -0.15) is 0 Å². The van der Waals surface area contributed by atoms with Gasteiger partial charge in [-0.1, -0.05) is 12.1 Å². The maximum absolute atomic E-state index is 8.84. The summed E-state index contributed by atoms with van der Waals surface area (Å²) >= 11 is 0. The molecule has 2 rings (SSSR count). The van der Waals surface area contributed by atoms with Crippen molar-refractivity contribution in [1.82, 2.24) is 4.57 Å². The molecular weight excluding hydrogens is 188 g/mol. The second kappa shape index (κ2) is 4.04. The van der Waals surface area contributed by atoms with Crippen molar-refractivity contribution in [2.45, 2.75) is 12.5 Å². The first-order chi connectivity index (χ1) is 7.22. The van der Waals surface area contributed by atoms with Crippen molar-refractivity contribution < 1.29 is 5.11 Å². The van der Waals surface area contributed by atoms with Crippen molar-refractivity contribution in [3.63, 3.8) is 0 Å². The summed E-state index contributed by atoms with van der Waals surface area (Å²) in [5.74, 6) is 0. The number of benzene rings is 1. The lowest BCUT2D eigenvalue weighted by molar-refractivity contribution is 0.276. The molecule has 0 spiro atoms. The Hall–Kier alpha value is -1.32. The van der Waals surface area contributed by atoms with Gasteiger partial charge in [0, 0.05) is 31.4 Å². The van der Waals surface area contributed by atoms with Crippen LogP contribution in [0.2, 0.25) is 0 Å². The summed E-state index contributed by atoms with van der Waals surface area (Å²) in [5, 5.41) is 10.1. The first-order valence-electron chi connectivity index (χ1n) is 5.14. The molecule has 1 aromatic heterocycles. The zero-order chi connectivity index (χ0) is 10.8. The van der Waals surface area contributed by atoms with E-state index < -0.39 is 0 Å². The fourth-order valence-electron chi connectivity index (χ4n) is 1.82. The van der Waals surface area contributed by atoms with Crippen LogP contribution in [0.3, 0.4) is 0 Å². The molecule has 3 nitrogen and oxygen atoms in total. The Morgan fingerprint density at radius 2 is 2.20 bits per heavy atom. The lowest BCUT2D eigenvalue weighted by Crippen LogP contribution is -2.11. The summed E-state index contributed by atoms with van der Waals surface area (Å²) in [5.41, 5.74) is 8.21. The SMILES string of the molecule is Cn1ccc2ccc(C(N)CCO)cc21. The van der Waals surface area contributed by atoms with E-state index in [0.717, 1.165) is 5.56 Å². The van der Waals surface area contributed by atoms with E-state index >= 15 is 0 Å². The molecule has 0 amide bonds. The van der Waals surface area contributed by atoms with Crippen molar-refractivity contribution in [2.75, 3.05) is 6.61 Å². The predicted octanol–water partition coefficient (Wildman–Crippen LogP) is 1.56. The van der Waals surface area contributed by atoms with E-state index in [0.29, 0.717) is 6.42 Å². The summed E-state index contributed by atoms with van der Waals surface area (Å²) in [6.07, 6.45) is 2.64. The Labute approximate surface area is 89.1 Å². The maximum Gasteiger partial charge on any atom is 0.0481 e. The van der Waals surface area contributed by atoms with Crippen molar-refractivity contribution in [2.24, 2.45) is 12.8 Å². The van der Waals surface area contributed by atoms with Crippen LogP contribution < -0.4 is 5.73 Å². The minimum atomic E-state index is -0.0747. The maximum atomic E-state index is 8.84. The van der Waals surface area contributed by atoms with E-state index in [9.17, 15) is 0 Å². The van der Waals surface area contributed by atoms with Crippen LogP contribution in [0, 0.1) is 0 Å². The topological polar surface area (TPSA) is 51.2 Å². The number of fused-ring (bicyclic) bond motifs is 1. The van der Waals surface area contributed by atoms with E-state index in [1.807, 2.05) is 19.3 Å². The van der Waals surface area contributed by atoms with Crippen LogP contribution in [-0.4, -0.2) is 16.3 Å². The third kappa shape index (κ3) is 1.89. The molecule has 1 heterocycles. The fraction of sp³-hybridized carbons (Fsp3) is 0.333. The monoisotopic (exact) mass is 204 g/mol. The number of aliphatic hydroxyl groups is 1. The highest BCUT2D eigenvalue weighted by atomic mass is 16.3. The molecule has 1 atom stereocenters. The molecule has 0 radical (unpaired) electrons. The molecule has 0 saturated carbocycles. The van der Waals surface area contributed by atoms with Gasteiger partial charge in [0.2, 0.25) is 0 Å². The van der Waals surface area contributed by atoms with E-state index in [1.165, 1.54) is 10.9 Å². The minimum Gasteiger partial charge on any atom is -0.396 e. The van der Waals surface area contributed by atoms with E-state index in [-0.39, 0.29) is 12.6 Å². The largest absolute Gasteiger partial charge is 0.396 e. The lowest BCUT2D eigenvalue weighted by Gasteiger charge is -2.10. The first kappa shape index (κ1) is 10.2. The van der Waals surface area contributed by atoms with Crippen LogP contribution in [0.5, 0.6) is 0 Å². The number of rotatable bonds is 3. The van der Waals surface area contributed by atoms with Gasteiger partial charge in [-0.25, -0.2) is 0 Å². The molecule has 0 saturated heterocycles. The van der Waals surface area contributed by atoms with Gasteiger partial charge in [0.1, 0.15) is 0 Å². The number of aryl methyl sites for hydroxylation is 1. The molecule has 1 unspecified atom stereocenters. The quantitative estimate of drug-likeness (QED) is 0.797. The molecule has 2 aromatic rings. The van der Waals surface area contributed by atoms with Gasteiger partial charge in [-0.15, -0.1) is 0 Å². The summed E-state index contributed by atoms with van der Waals surface area (Å²) < 4.78 is 2.07. The van der Waals surface area contributed by atoms with Crippen molar-refractivity contribution in [3.8, 4) is 0 Å². The molecule has 3 N–H and O–H groups in total. The van der Waals surface area contributed by atoms with Crippen LogP contribution in [0.25, 0.3) is 10.9 Å². The highest BCUT2D eigenvalue weighted by Crippen LogP contribution is 2.21. The molecular formula is C12H16N2O. The Kier molecular flexibility index (Phi) is 2.75. The number of nitrogens with two attached hydrogens (primary N) is 1. The van der Waals surface area contributed by atoms with Crippen molar-refractivity contribution in [1.29, 1.82) is 0 Å². The second-order valence-electron chi connectivity index (χ2n) is 3.86. The summed E-state index contributed by atoms with van der Waals surface area (Å²) in [7, 11) is 2.02. The molecule has 1 aromatic carbocycles. The van der Waals surface area contributed by atoms with Crippen LogP contribution >= 0.6 is 0 Å². The Bertz CT molecular complexity index is 462. The fourth-order valence-corrected chi connectivity index (χ4v) is 1.82. The Morgan fingerprint density at radius 1 is 1.40 bits per heavy atom. The van der Waals surface area contributed by atoms with Gasteiger partial charge in [0.25, 0.3) is 0 Å². The third-order valence-electron chi connectivity index (χ3n) is 2.78. The molecule has 0 fully saturated rings. The Balaban J connectivity index is 2.41. The molecule has 0 aliphatic heterocycles. The van der Waals surface area contributed by atoms with Crippen LogP contribution in [0.15, 0.2) is 30.5 Å². The number of nitrogens with zero attached hydrogens (tertiary/aromatic N) is 1. The van der Waals surface area contributed by atoms with Gasteiger partial charge in [0.05, 0.1) is 0 Å². The predicted molar refractivity (Wildman–Crippen MR) is 61.6 cm³/mol. The van der Waals surface area contributed by atoms with E-state index in [1.54, 1.807) is 0 Å². The normalized spacial score (nSPS) is 13.3. The van der Waals surface area contributed by atoms with Crippen molar-refractivity contribution >= 4 is 10.9 Å². The molecule has 0 bridgehead atoms. The summed E-state index contributed by atoms with van der Waals surface area (Å²) in [6, 6.07) is 8.20. The second-order valence-corrected chi connectivity index (χ2v) is 3.86. The van der Waals surface area contributed by atoms with Crippen LogP contribution in [0.1, 0.15) is 18.0 Å². The lowest BCUT2D eigenvalue weighted by atomic mass is 10.0. The zero-order valence-corrected chi connectivity index (χ0v) is 8.85. The number of hydrogen-bond donors (Lipinski definition) is 2. The highest BCUT2D eigenvalue weighted by Gasteiger charge is 2.06. The van der Waals surface area contributed by atoms with Gasteiger partial charge < -0.3 is 15.4 Å². The zero-order valence-electron chi connectivity index (χ0n) is 8.85. The van der Waals surface area contributed by atoms with E-state index in [4.69, 9.17) is 10.8 Å². The number of aromatic nitrogens is 1. The highest BCUT2D eigenvalue weighted by molar-refractivity contribution is 5.80. The van der Waals surface area contributed by atoms with Gasteiger partial charge in [-0.05, 0) is 29.5 Å². The van der Waals surface area contributed by atoms with Crippen LogP contribution in [0.4, 0.5) is 0 Å². The molecule has 0 aliphatic carbocycles. The molecule has 80 valence electrons. The first-order valence-corrected chi connectivity index (χ1v) is 5.14. The summed E-state index contributed by atoms with van der Waals surface area (Å²) in [4.78, 5) is 0. The smallest absolute Gasteiger partial charge is 0.0481 e. The van der Waals surface area contributed by atoms with Gasteiger partial charge in [-0.3, -0.25) is 0 Å².